The van der Waals surface area contributed by atoms with Crippen molar-refractivity contribution in [1.29, 1.82) is 0 Å². The second kappa shape index (κ2) is 7.80. The smallest absolute Gasteiger partial charge is 0.0320 e. The number of rotatable bonds is 5. The van der Waals surface area contributed by atoms with E-state index < -0.39 is 0 Å². The third kappa shape index (κ3) is 4.87. The molecule has 0 atom stereocenters. The molecule has 1 aliphatic carbocycles. The molecule has 1 nitrogen and oxygen atoms in total. The van der Waals surface area contributed by atoms with Crippen LogP contribution in [0.3, 0.4) is 0 Å². The summed E-state index contributed by atoms with van der Waals surface area (Å²) in [5.74, 6) is 1.89. The number of nitrogens with one attached hydrogen (secondary N) is 1. The first-order valence-corrected chi connectivity index (χ1v) is 8.92. The van der Waals surface area contributed by atoms with Crippen LogP contribution in [0.1, 0.15) is 44.6 Å². The van der Waals surface area contributed by atoms with E-state index in [0.29, 0.717) is 0 Å². The van der Waals surface area contributed by atoms with E-state index >= 15 is 0 Å². The van der Waals surface area contributed by atoms with Gasteiger partial charge in [0.15, 0.2) is 0 Å². The average molecular weight is 389 g/mol. The third-order valence-corrected chi connectivity index (χ3v) is 6.17. The van der Waals surface area contributed by atoms with Crippen molar-refractivity contribution in [2.45, 2.75) is 45.6 Å². The van der Waals surface area contributed by atoms with E-state index in [9.17, 15) is 0 Å². The summed E-state index contributed by atoms with van der Waals surface area (Å²) in [6.07, 6.45) is 7.07. The van der Waals surface area contributed by atoms with Gasteiger partial charge in [0.25, 0.3) is 0 Å². The van der Waals surface area contributed by atoms with Crippen molar-refractivity contribution in [3.63, 3.8) is 0 Å². The van der Waals surface area contributed by atoms with Gasteiger partial charge in [-0.25, -0.2) is 0 Å². The lowest BCUT2D eigenvalue weighted by atomic mass is 9.81. The highest BCUT2D eigenvalue weighted by Crippen LogP contribution is 2.30. The molecule has 1 aliphatic rings. The zero-order valence-electron chi connectivity index (χ0n) is 11.6. The van der Waals surface area contributed by atoms with E-state index in [1.807, 2.05) is 0 Å². The third-order valence-electron chi connectivity index (χ3n) is 4.29. The van der Waals surface area contributed by atoms with Crippen LogP contribution < -0.4 is 5.32 Å². The molecule has 1 aromatic rings. The molecule has 1 fully saturated rings. The number of halogens is 2. The summed E-state index contributed by atoms with van der Waals surface area (Å²) in [6, 6.07) is 6.47. The maximum atomic E-state index is 3.61. The van der Waals surface area contributed by atoms with Gasteiger partial charge in [-0.1, -0.05) is 32.3 Å². The van der Waals surface area contributed by atoms with Crippen LogP contribution in [-0.4, -0.2) is 6.54 Å². The minimum atomic E-state index is 0.890. The van der Waals surface area contributed by atoms with Crippen molar-refractivity contribution in [2.75, 3.05) is 6.54 Å². The van der Waals surface area contributed by atoms with E-state index in [1.165, 1.54) is 44.2 Å². The molecular formula is C16H23Br2N. The Morgan fingerprint density at radius 1 is 1.05 bits per heavy atom. The van der Waals surface area contributed by atoms with E-state index in [-0.39, 0.29) is 0 Å². The van der Waals surface area contributed by atoms with E-state index in [0.717, 1.165) is 27.3 Å². The number of hydrogen-bond acceptors (Lipinski definition) is 1. The first-order chi connectivity index (χ1) is 9.19. The summed E-state index contributed by atoms with van der Waals surface area (Å²) in [5, 5.41) is 3.61. The maximum Gasteiger partial charge on any atom is 0.0320 e. The number of hydrogen-bond donors (Lipinski definition) is 1. The summed E-state index contributed by atoms with van der Waals surface area (Å²) in [4.78, 5) is 0. The van der Waals surface area contributed by atoms with Crippen LogP contribution in [-0.2, 0) is 6.54 Å². The zero-order valence-corrected chi connectivity index (χ0v) is 14.8. The largest absolute Gasteiger partial charge is 0.312 e. The molecule has 2 rings (SSSR count). The van der Waals surface area contributed by atoms with Crippen molar-refractivity contribution < 1.29 is 0 Å². The van der Waals surface area contributed by atoms with Crippen LogP contribution in [0.15, 0.2) is 27.1 Å². The normalized spacial score (nSPS) is 23.5. The van der Waals surface area contributed by atoms with Crippen LogP contribution in [0.5, 0.6) is 0 Å². The second-order valence-electron chi connectivity index (χ2n) is 5.67. The Labute approximate surface area is 133 Å². The van der Waals surface area contributed by atoms with Gasteiger partial charge in [0, 0.05) is 15.5 Å². The SMILES string of the molecule is CCC1CCC(CNCc2ccc(Br)c(Br)c2)CC1. The highest BCUT2D eigenvalue weighted by molar-refractivity contribution is 9.13. The maximum absolute atomic E-state index is 3.61. The lowest BCUT2D eigenvalue weighted by molar-refractivity contribution is 0.262. The molecule has 1 N–H and O–H groups in total. The second-order valence-corrected chi connectivity index (χ2v) is 7.38. The molecule has 0 bridgehead atoms. The number of benzene rings is 1. The molecule has 0 spiro atoms. The molecule has 0 radical (unpaired) electrons. The Balaban J connectivity index is 1.70. The van der Waals surface area contributed by atoms with Crippen LogP contribution in [0.4, 0.5) is 0 Å². The quantitative estimate of drug-likeness (QED) is 0.700. The predicted octanol–water partition coefficient (Wildman–Crippen LogP) is 5.52. The molecule has 19 heavy (non-hydrogen) atoms. The molecular weight excluding hydrogens is 366 g/mol. The van der Waals surface area contributed by atoms with Crippen LogP contribution >= 0.6 is 31.9 Å². The molecule has 106 valence electrons. The highest BCUT2D eigenvalue weighted by Gasteiger charge is 2.19. The Kier molecular flexibility index (Phi) is 6.37. The Bertz CT molecular complexity index is 398. The molecule has 1 aromatic carbocycles. The van der Waals surface area contributed by atoms with Gasteiger partial charge in [-0.05, 0) is 80.8 Å². The van der Waals surface area contributed by atoms with Gasteiger partial charge < -0.3 is 5.32 Å². The minimum Gasteiger partial charge on any atom is -0.312 e. The minimum absolute atomic E-state index is 0.890. The van der Waals surface area contributed by atoms with Gasteiger partial charge in [0.05, 0.1) is 0 Å². The Hall–Kier alpha value is 0.140. The van der Waals surface area contributed by atoms with Gasteiger partial charge >= 0.3 is 0 Å². The highest BCUT2D eigenvalue weighted by atomic mass is 79.9. The molecule has 0 aromatic heterocycles. The molecule has 0 heterocycles. The molecule has 3 heteroatoms. The summed E-state index contributed by atoms with van der Waals surface area (Å²) in [5.41, 5.74) is 1.34. The van der Waals surface area contributed by atoms with Crippen molar-refractivity contribution in [3.8, 4) is 0 Å². The van der Waals surface area contributed by atoms with Gasteiger partial charge in [0.1, 0.15) is 0 Å². The predicted molar refractivity (Wildman–Crippen MR) is 89.3 cm³/mol. The topological polar surface area (TPSA) is 12.0 Å². The lowest BCUT2D eigenvalue weighted by Crippen LogP contribution is -2.26. The Morgan fingerprint density at radius 2 is 1.74 bits per heavy atom. The van der Waals surface area contributed by atoms with Crippen molar-refractivity contribution >= 4 is 31.9 Å². The molecule has 0 saturated heterocycles. The van der Waals surface area contributed by atoms with Crippen molar-refractivity contribution in [3.05, 3.63) is 32.7 Å². The summed E-state index contributed by atoms with van der Waals surface area (Å²) >= 11 is 7.06. The first kappa shape index (κ1) is 15.5. The van der Waals surface area contributed by atoms with E-state index in [2.05, 4.69) is 62.3 Å². The van der Waals surface area contributed by atoms with Crippen LogP contribution in [0.2, 0.25) is 0 Å². The summed E-state index contributed by atoms with van der Waals surface area (Å²) in [7, 11) is 0. The van der Waals surface area contributed by atoms with Crippen molar-refractivity contribution in [2.24, 2.45) is 11.8 Å². The first-order valence-electron chi connectivity index (χ1n) is 7.33. The lowest BCUT2D eigenvalue weighted by Gasteiger charge is -2.27. The fourth-order valence-electron chi connectivity index (χ4n) is 2.91. The molecule has 1 saturated carbocycles. The summed E-state index contributed by atoms with van der Waals surface area (Å²) in [6.45, 7) is 4.47. The zero-order chi connectivity index (χ0) is 13.7. The monoisotopic (exact) mass is 387 g/mol. The van der Waals surface area contributed by atoms with Gasteiger partial charge in [-0.2, -0.15) is 0 Å². The van der Waals surface area contributed by atoms with E-state index in [4.69, 9.17) is 0 Å². The van der Waals surface area contributed by atoms with Gasteiger partial charge in [-0.3, -0.25) is 0 Å². The Morgan fingerprint density at radius 3 is 2.37 bits per heavy atom. The van der Waals surface area contributed by atoms with Gasteiger partial charge in [-0.15, -0.1) is 0 Å². The molecule has 0 aliphatic heterocycles. The average Bonchev–Trinajstić information content (AvgIpc) is 2.43. The molecule has 0 amide bonds. The summed E-state index contributed by atoms with van der Waals surface area (Å²) < 4.78 is 2.25. The van der Waals surface area contributed by atoms with Crippen molar-refractivity contribution in [1.82, 2.24) is 5.32 Å². The van der Waals surface area contributed by atoms with Crippen LogP contribution in [0.25, 0.3) is 0 Å². The van der Waals surface area contributed by atoms with Gasteiger partial charge in [0.2, 0.25) is 0 Å². The fraction of sp³-hybridized carbons (Fsp3) is 0.625. The van der Waals surface area contributed by atoms with Crippen LogP contribution in [0, 0.1) is 11.8 Å². The van der Waals surface area contributed by atoms with E-state index in [1.54, 1.807) is 0 Å². The molecule has 0 unspecified atom stereocenters. The fourth-order valence-corrected chi connectivity index (χ4v) is 3.59. The standard InChI is InChI=1S/C16H23Br2N/c1-2-12-3-5-13(6-4-12)10-19-11-14-7-8-15(17)16(18)9-14/h7-9,12-13,19H,2-6,10-11H2,1H3.